The summed E-state index contributed by atoms with van der Waals surface area (Å²) in [4.78, 5) is 14.1. The van der Waals surface area contributed by atoms with Gasteiger partial charge in [-0.25, -0.2) is 4.79 Å². The van der Waals surface area contributed by atoms with E-state index >= 15 is 0 Å². The van der Waals surface area contributed by atoms with Gasteiger partial charge in [0, 0.05) is 30.7 Å². The molecule has 1 aliphatic rings. The first kappa shape index (κ1) is 15.4. The summed E-state index contributed by atoms with van der Waals surface area (Å²) in [5, 5.41) is 5.53. The smallest absolute Gasteiger partial charge is 0.323 e. The summed E-state index contributed by atoms with van der Waals surface area (Å²) in [6.07, 6.45) is 7.50. The number of hydrogen-bond donors (Lipinski definition) is 2. The summed E-state index contributed by atoms with van der Waals surface area (Å²) in [5.41, 5.74) is 2.05. The van der Waals surface area contributed by atoms with Crippen molar-refractivity contribution in [1.29, 1.82) is 0 Å². The molecule has 1 heterocycles. The van der Waals surface area contributed by atoms with Gasteiger partial charge in [0.2, 0.25) is 0 Å². The summed E-state index contributed by atoms with van der Waals surface area (Å²) in [6, 6.07) is 7.85. The van der Waals surface area contributed by atoms with Crippen molar-refractivity contribution >= 4 is 17.4 Å². The molecule has 0 aliphatic carbocycles. The van der Waals surface area contributed by atoms with Gasteiger partial charge >= 0.3 is 6.03 Å². The lowest BCUT2D eigenvalue weighted by molar-refractivity contribution is 0.255. The van der Waals surface area contributed by atoms with Crippen LogP contribution in [-0.2, 0) is 0 Å². The monoisotopic (exact) mass is 287 g/mol. The Bertz CT molecular complexity index is 473. The highest BCUT2D eigenvalue weighted by Gasteiger charge is 2.10. The van der Waals surface area contributed by atoms with E-state index in [0.717, 1.165) is 18.8 Å². The van der Waals surface area contributed by atoms with E-state index in [4.69, 9.17) is 0 Å². The summed E-state index contributed by atoms with van der Waals surface area (Å²) in [7, 11) is 0. The quantitative estimate of drug-likeness (QED) is 0.880. The van der Waals surface area contributed by atoms with E-state index in [2.05, 4.69) is 41.5 Å². The Labute approximate surface area is 127 Å². The van der Waals surface area contributed by atoms with Crippen molar-refractivity contribution < 1.29 is 4.79 Å². The number of carbonyl (C=O) groups is 1. The molecule has 0 unspecified atom stereocenters. The molecule has 4 nitrogen and oxygen atoms in total. The van der Waals surface area contributed by atoms with E-state index in [-0.39, 0.29) is 6.03 Å². The lowest BCUT2D eigenvalue weighted by Gasteiger charge is -2.28. The van der Waals surface area contributed by atoms with E-state index < -0.39 is 0 Å². The lowest BCUT2D eigenvalue weighted by atomic mass is 10.1. The largest absolute Gasteiger partial charge is 0.372 e. The molecular weight excluding hydrogens is 262 g/mol. The van der Waals surface area contributed by atoms with Crippen LogP contribution in [0.1, 0.15) is 33.1 Å². The standard InChI is InChI=1S/C17H25N3O/c1-14(2)10-11-18-17(21)19-15-6-8-16(9-7-15)20-12-4-3-5-13-20/h6-11,14H,3-5,12-13H2,1-2H3,(H2,18,19,21)/b11-10+. The zero-order valence-corrected chi connectivity index (χ0v) is 12.9. The van der Waals surface area contributed by atoms with E-state index in [1.807, 2.05) is 18.2 Å². The second-order valence-electron chi connectivity index (χ2n) is 5.80. The second kappa shape index (κ2) is 7.72. The Morgan fingerprint density at radius 1 is 1.14 bits per heavy atom. The maximum absolute atomic E-state index is 11.7. The van der Waals surface area contributed by atoms with Crippen molar-refractivity contribution in [2.24, 2.45) is 5.92 Å². The Balaban J connectivity index is 1.85. The molecule has 1 saturated heterocycles. The van der Waals surface area contributed by atoms with Crippen LogP contribution in [0.15, 0.2) is 36.5 Å². The number of piperidine rings is 1. The van der Waals surface area contributed by atoms with Crippen LogP contribution >= 0.6 is 0 Å². The van der Waals surface area contributed by atoms with Crippen LogP contribution in [0, 0.1) is 5.92 Å². The van der Waals surface area contributed by atoms with E-state index in [9.17, 15) is 4.79 Å². The highest BCUT2D eigenvalue weighted by molar-refractivity contribution is 5.90. The van der Waals surface area contributed by atoms with Crippen molar-refractivity contribution in [2.45, 2.75) is 33.1 Å². The van der Waals surface area contributed by atoms with E-state index in [1.165, 1.54) is 24.9 Å². The summed E-state index contributed by atoms with van der Waals surface area (Å²) in [6.45, 7) is 6.39. The first-order valence-electron chi connectivity index (χ1n) is 7.74. The minimum Gasteiger partial charge on any atom is -0.372 e. The number of benzene rings is 1. The molecule has 2 N–H and O–H groups in total. The zero-order chi connectivity index (χ0) is 15.1. The SMILES string of the molecule is CC(C)/C=C/NC(=O)Nc1ccc(N2CCCCC2)cc1. The topological polar surface area (TPSA) is 44.4 Å². The number of allylic oxidation sites excluding steroid dienone is 1. The van der Waals surface area contributed by atoms with Gasteiger partial charge in [-0.3, -0.25) is 0 Å². The minimum atomic E-state index is -0.211. The fourth-order valence-corrected chi connectivity index (χ4v) is 2.39. The number of carbonyl (C=O) groups excluding carboxylic acids is 1. The van der Waals surface area contributed by atoms with Gasteiger partial charge in [0.05, 0.1) is 0 Å². The Morgan fingerprint density at radius 2 is 1.81 bits per heavy atom. The highest BCUT2D eigenvalue weighted by Crippen LogP contribution is 2.21. The Hall–Kier alpha value is -1.97. The molecule has 0 aromatic heterocycles. The third-order valence-corrected chi connectivity index (χ3v) is 3.54. The molecule has 21 heavy (non-hydrogen) atoms. The zero-order valence-electron chi connectivity index (χ0n) is 12.9. The molecule has 1 aliphatic heterocycles. The van der Waals surface area contributed by atoms with E-state index in [0.29, 0.717) is 5.92 Å². The number of nitrogens with one attached hydrogen (secondary N) is 2. The molecule has 1 aromatic carbocycles. The van der Waals surface area contributed by atoms with Crippen molar-refractivity contribution in [1.82, 2.24) is 5.32 Å². The van der Waals surface area contributed by atoms with Crippen LogP contribution < -0.4 is 15.5 Å². The van der Waals surface area contributed by atoms with Crippen LogP contribution in [0.25, 0.3) is 0 Å². The normalized spacial score (nSPS) is 15.5. The Kier molecular flexibility index (Phi) is 5.67. The van der Waals surface area contributed by atoms with Gasteiger partial charge < -0.3 is 15.5 Å². The van der Waals surface area contributed by atoms with Gasteiger partial charge in [-0.15, -0.1) is 0 Å². The van der Waals surface area contributed by atoms with Gasteiger partial charge in [0.25, 0.3) is 0 Å². The summed E-state index contributed by atoms with van der Waals surface area (Å²) >= 11 is 0. The maximum atomic E-state index is 11.7. The van der Waals surface area contributed by atoms with Crippen molar-refractivity contribution in [3.8, 4) is 0 Å². The summed E-state index contributed by atoms with van der Waals surface area (Å²) < 4.78 is 0. The van der Waals surface area contributed by atoms with Crippen LogP contribution in [0.4, 0.5) is 16.2 Å². The van der Waals surface area contributed by atoms with Crippen LogP contribution in [-0.4, -0.2) is 19.1 Å². The number of urea groups is 1. The fraction of sp³-hybridized carbons (Fsp3) is 0.471. The number of amides is 2. The average molecular weight is 287 g/mol. The number of anilines is 2. The van der Waals surface area contributed by atoms with Crippen molar-refractivity contribution in [2.75, 3.05) is 23.3 Å². The van der Waals surface area contributed by atoms with E-state index in [1.54, 1.807) is 6.20 Å². The number of rotatable bonds is 4. The van der Waals surface area contributed by atoms with Gasteiger partial charge in [-0.2, -0.15) is 0 Å². The van der Waals surface area contributed by atoms with Gasteiger partial charge in [0.1, 0.15) is 0 Å². The molecular formula is C17H25N3O. The molecule has 0 bridgehead atoms. The molecule has 1 aromatic rings. The predicted octanol–water partition coefficient (Wildman–Crippen LogP) is 3.97. The molecule has 0 saturated carbocycles. The molecule has 2 amide bonds. The maximum Gasteiger partial charge on any atom is 0.323 e. The molecule has 0 radical (unpaired) electrons. The molecule has 4 heteroatoms. The average Bonchev–Trinajstić information content (AvgIpc) is 2.48. The van der Waals surface area contributed by atoms with Crippen molar-refractivity contribution in [3.05, 3.63) is 36.5 Å². The fourth-order valence-electron chi connectivity index (χ4n) is 2.39. The Morgan fingerprint density at radius 3 is 2.43 bits per heavy atom. The first-order chi connectivity index (χ1) is 10.1. The van der Waals surface area contributed by atoms with Crippen LogP contribution in [0.3, 0.4) is 0 Å². The highest BCUT2D eigenvalue weighted by atomic mass is 16.2. The third-order valence-electron chi connectivity index (χ3n) is 3.54. The van der Waals surface area contributed by atoms with Crippen LogP contribution in [0.2, 0.25) is 0 Å². The minimum absolute atomic E-state index is 0.211. The number of hydrogen-bond acceptors (Lipinski definition) is 2. The lowest BCUT2D eigenvalue weighted by Crippen LogP contribution is -2.29. The van der Waals surface area contributed by atoms with Crippen LogP contribution in [0.5, 0.6) is 0 Å². The molecule has 1 fully saturated rings. The number of nitrogens with zero attached hydrogens (tertiary/aromatic N) is 1. The van der Waals surface area contributed by atoms with Crippen molar-refractivity contribution in [3.63, 3.8) is 0 Å². The molecule has 0 spiro atoms. The molecule has 114 valence electrons. The second-order valence-corrected chi connectivity index (χ2v) is 5.80. The molecule has 2 rings (SSSR count). The molecule has 0 atom stereocenters. The van der Waals surface area contributed by atoms with Gasteiger partial charge in [-0.05, 0) is 49.4 Å². The van der Waals surface area contributed by atoms with Gasteiger partial charge in [0.15, 0.2) is 0 Å². The first-order valence-corrected chi connectivity index (χ1v) is 7.74. The third kappa shape index (κ3) is 5.14. The van der Waals surface area contributed by atoms with Gasteiger partial charge in [-0.1, -0.05) is 19.9 Å². The predicted molar refractivity (Wildman–Crippen MR) is 88.6 cm³/mol. The summed E-state index contributed by atoms with van der Waals surface area (Å²) in [5.74, 6) is 0.425.